The standard InChI is InChI=1S/C27H24N4O3/c1-28-26-15-22(11-13-25(26)30-18-32)31-27(33)21-10-12-24(29-16-21)20-8-5-9-23(14-20)34-17-19-6-3-2-4-7-19/h2-16,18,28H,17H2,1H3,(H,30,32)(H,31,33). The van der Waals surface area contributed by atoms with E-state index in [2.05, 4.69) is 20.9 Å². The summed E-state index contributed by atoms with van der Waals surface area (Å²) in [4.78, 5) is 27.9. The van der Waals surface area contributed by atoms with Gasteiger partial charge in [-0.25, -0.2) is 0 Å². The summed E-state index contributed by atoms with van der Waals surface area (Å²) in [7, 11) is 1.74. The van der Waals surface area contributed by atoms with Crippen molar-refractivity contribution in [3.8, 4) is 17.0 Å². The van der Waals surface area contributed by atoms with Gasteiger partial charge in [-0.3, -0.25) is 14.6 Å². The summed E-state index contributed by atoms with van der Waals surface area (Å²) < 4.78 is 5.90. The van der Waals surface area contributed by atoms with Gasteiger partial charge in [-0.05, 0) is 48.0 Å². The smallest absolute Gasteiger partial charge is 0.257 e. The summed E-state index contributed by atoms with van der Waals surface area (Å²) in [6.45, 7) is 0.484. The van der Waals surface area contributed by atoms with E-state index in [1.165, 1.54) is 0 Å². The van der Waals surface area contributed by atoms with Crippen molar-refractivity contribution in [2.45, 2.75) is 6.61 Å². The van der Waals surface area contributed by atoms with Crippen molar-refractivity contribution in [2.24, 2.45) is 0 Å². The number of benzene rings is 3. The van der Waals surface area contributed by atoms with Gasteiger partial charge >= 0.3 is 0 Å². The van der Waals surface area contributed by atoms with Crippen LogP contribution in [0.2, 0.25) is 0 Å². The number of nitrogens with one attached hydrogen (secondary N) is 3. The van der Waals surface area contributed by atoms with Crippen molar-refractivity contribution in [3.05, 3.63) is 102 Å². The van der Waals surface area contributed by atoms with E-state index in [1.807, 2.05) is 54.6 Å². The first-order valence-electron chi connectivity index (χ1n) is 10.7. The summed E-state index contributed by atoms with van der Waals surface area (Å²) in [6.07, 6.45) is 2.15. The van der Waals surface area contributed by atoms with E-state index in [0.717, 1.165) is 22.6 Å². The maximum atomic E-state index is 12.7. The van der Waals surface area contributed by atoms with Gasteiger partial charge in [-0.1, -0.05) is 42.5 Å². The molecule has 0 aliphatic carbocycles. The molecular weight excluding hydrogens is 428 g/mol. The second kappa shape index (κ2) is 10.8. The zero-order chi connectivity index (χ0) is 23.8. The fourth-order valence-electron chi connectivity index (χ4n) is 3.41. The van der Waals surface area contributed by atoms with Crippen LogP contribution in [0.25, 0.3) is 11.3 Å². The molecule has 0 aliphatic rings. The topological polar surface area (TPSA) is 92.3 Å². The lowest BCUT2D eigenvalue weighted by Crippen LogP contribution is -2.12. The van der Waals surface area contributed by atoms with Crippen molar-refractivity contribution in [1.29, 1.82) is 0 Å². The minimum atomic E-state index is -0.280. The van der Waals surface area contributed by atoms with Gasteiger partial charge < -0.3 is 20.7 Å². The van der Waals surface area contributed by atoms with Crippen LogP contribution in [0.4, 0.5) is 17.1 Å². The van der Waals surface area contributed by atoms with Gasteiger partial charge in [0, 0.05) is 24.5 Å². The summed E-state index contributed by atoms with van der Waals surface area (Å²) in [5, 5.41) is 8.44. The van der Waals surface area contributed by atoms with Crippen molar-refractivity contribution >= 4 is 29.4 Å². The number of rotatable bonds is 9. The number of amides is 2. The van der Waals surface area contributed by atoms with Crippen LogP contribution in [0.1, 0.15) is 15.9 Å². The number of hydrogen-bond donors (Lipinski definition) is 3. The third kappa shape index (κ3) is 5.58. The lowest BCUT2D eigenvalue weighted by Gasteiger charge is -2.11. The largest absolute Gasteiger partial charge is 0.489 e. The van der Waals surface area contributed by atoms with Gasteiger partial charge in [0.25, 0.3) is 5.91 Å². The number of nitrogens with zero attached hydrogens (tertiary/aromatic N) is 1. The molecule has 0 spiro atoms. The van der Waals surface area contributed by atoms with Gasteiger partial charge in [0.05, 0.1) is 22.6 Å². The molecule has 0 unspecified atom stereocenters. The Morgan fingerprint density at radius 2 is 1.79 bits per heavy atom. The molecule has 0 aliphatic heterocycles. The summed E-state index contributed by atoms with van der Waals surface area (Å²) in [5.41, 5.74) is 5.07. The Labute approximate surface area is 197 Å². The second-order valence-electron chi connectivity index (χ2n) is 7.46. The molecule has 3 N–H and O–H groups in total. The first kappa shape index (κ1) is 22.5. The molecule has 0 fully saturated rings. The highest BCUT2D eigenvalue weighted by molar-refractivity contribution is 6.04. The van der Waals surface area contributed by atoms with Crippen LogP contribution >= 0.6 is 0 Å². The zero-order valence-corrected chi connectivity index (χ0v) is 18.6. The number of pyridine rings is 1. The third-order valence-electron chi connectivity index (χ3n) is 5.17. The molecular formula is C27H24N4O3. The Hall–Kier alpha value is -4.65. The molecule has 4 rings (SSSR count). The number of aromatic nitrogens is 1. The third-order valence-corrected chi connectivity index (χ3v) is 5.17. The molecule has 3 aromatic carbocycles. The van der Waals surface area contributed by atoms with Crippen molar-refractivity contribution < 1.29 is 14.3 Å². The molecule has 1 heterocycles. The molecule has 0 saturated heterocycles. The van der Waals surface area contributed by atoms with Crippen LogP contribution in [0.15, 0.2) is 91.1 Å². The molecule has 0 radical (unpaired) electrons. The fourth-order valence-corrected chi connectivity index (χ4v) is 3.41. The first-order chi connectivity index (χ1) is 16.7. The lowest BCUT2D eigenvalue weighted by atomic mass is 10.1. The average molecular weight is 453 g/mol. The lowest BCUT2D eigenvalue weighted by molar-refractivity contribution is -0.105. The van der Waals surface area contributed by atoms with Gasteiger partial charge in [0.2, 0.25) is 6.41 Å². The maximum Gasteiger partial charge on any atom is 0.257 e. The Morgan fingerprint density at radius 3 is 2.53 bits per heavy atom. The van der Waals surface area contributed by atoms with Crippen LogP contribution in [0.5, 0.6) is 5.75 Å². The number of carbonyl (C=O) groups is 2. The average Bonchev–Trinajstić information content (AvgIpc) is 2.89. The van der Waals surface area contributed by atoms with E-state index in [0.29, 0.717) is 35.6 Å². The van der Waals surface area contributed by atoms with E-state index in [9.17, 15) is 9.59 Å². The van der Waals surface area contributed by atoms with Crippen LogP contribution in [-0.4, -0.2) is 24.3 Å². The molecule has 0 bridgehead atoms. The molecule has 2 amide bonds. The maximum absolute atomic E-state index is 12.7. The molecule has 7 nitrogen and oxygen atoms in total. The van der Waals surface area contributed by atoms with Gasteiger partial charge in [-0.2, -0.15) is 0 Å². The predicted octanol–water partition coefficient (Wildman–Crippen LogP) is 5.19. The fraction of sp³-hybridized carbons (Fsp3) is 0.0741. The van der Waals surface area contributed by atoms with Gasteiger partial charge in [0.1, 0.15) is 12.4 Å². The highest BCUT2D eigenvalue weighted by Gasteiger charge is 2.10. The van der Waals surface area contributed by atoms with Gasteiger partial charge in [-0.15, -0.1) is 0 Å². The van der Waals surface area contributed by atoms with E-state index in [4.69, 9.17) is 4.74 Å². The van der Waals surface area contributed by atoms with Crippen molar-refractivity contribution in [2.75, 3.05) is 23.0 Å². The van der Waals surface area contributed by atoms with E-state index in [1.54, 1.807) is 43.6 Å². The van der Waals surface area contributed by atoms with Crippen molar-refractivity contribution in [3.63, 3.8) is 0 Å². The van der Waals surface area contributed by atoms with Gasteiger partial charge in [0.15, 0.2) is 0 Å². The molecule has 0 atom stereocenters. The molecule has 4 aromatic rings. The van der Waals surface area contributed by atoms with Crippen molar-refractivity contribution in [1.82, 2.24) is 4.98 Å². The first-order valence-corrected chi connectivity index (χ1v) is 10.7. The minimum Gasteiger partial charge on any atom is -0.489 e. The number of anilines is 3. The quantitative estimate of drug-likeness (QED) is 0.304. The Bertz CT molecular complexity index is 1270. The SMILES string of the molecule is CNc1cc(NC(=O)c2ccc(-c3cccc(OCc4ccccc4)c3)nc2)ccc1NC=O. The van der Waals surface area contributed by atoms with Crippen LogP contribution in [0, 0.1) is 0 Å². The van der Waals surface area contributed by atoms with E-state index >= 15 is 0 Å². The molecule has 1 aromatic heterocycles. The van der Waals surface area contributed by atoms with Crippen LogP contribution < -0.4 is 20.7 Å². The summed E-state index contributed by atoms with van der Waals surface area (Å²) in [5.74, 6) is 0.468. The predicted molar refractivity (Wildman–Crippen MR) is 134 cm³/mol. The van der Waals surface area contributed by atoms with Crippen LogP contribution in [-0.2, 0) is 11.4 Å². The monoisotopic (exact) mass is 452 g/mol. The highest BCUT2D eigenvalue weighted by Crippen LogP contribution is 2.26. The summed E-state index contributed by atoms with van der Waals surface area (Å²) in [6, 6.07) is 26.4. The van der Waals surface area contributed by atoms with E-state index < -0.39 is 0 Å². The van der Waals surface area contributed by atoms with E-state index in [-0.39, 0.29) is 5.91 Å². The molecule has 0 saturated carbocycles. The molecule has 34 heavy (non-hydrogen) atoms. The Balaban J connectivity index is 1.43. The minimum absolute atomic E-state index is 0.280. The second-order valence-corrected chi connectivity index (χ2v) is 7.46. The zero-order valence-electron chi connectivity index (χ0n) is 18.6. The Morgan fingerprint density at radius 1 is 0.941 bits per heavy atom. The number of ether oxygens (including phenoxy) is 1. The number of hydrogen-bond acceptors (Lipinski definition) is 5. The summed E-state index contributed by atoms with van der Waals surface area (Å²) >= 11 is 0. The van der Waals surface area contributed by atoms with Crippen LogP contribution in [0.3, 0.4) is 0 Å². The molecule has 7 heteroatoms. The normalized spacial score (nSPS) is 10.3. The Kier molecular flexibility index (Phi) is 7.15. The number of carbonyl (C=O) groups excluding carboxylic acids is 2. The highest BCUT2D eigenvalue weighted by atomic mass is 16.5. The molecule has 170 valence electrons.